The largest absolute Gasteiger partial charge is 0.415 e. The van der Waals surface area contributed by atoms with Crippen LogP contribution in [0, 0.1) is 0 Å². The van der Waals surface area contributed by atoms with E-state index in [1.54, 1.807) is 26.5 Å². The van der Waals surface area contributed by atoms with Crippen LogP contribution in [-0.4, -0.2) is 120 Å². The van der Waals surface area contributed by atoms with Crippen LogP contribution in [0.25, 0.3) is 10.8 Å². The molecule has 3 atom stereocenters. The first kappa shape index (κ1) is 28.8. The van der Waals surface area contributed by atoms with Gasteiger partial charge in [0.05, 0.1) is 12.1 Å². The molecule has 4 aliphatic rings. The zero-order valence-corrected chi connectivity index (χ0v) is 25.6. The number of benzene rings is 2. The van der Waals surface area contributed by atoms with Crippen molar-refractivity contribution in [1.29, 1.82) is 0 Å². The average molecular weight is 618 g/mol. The maximum Gasteiger partial charge on any atom is 0.415 e. The molecule has 0 bridgehead atoms. The Morgan fingerprint density at radius 2 is 1.59 bits per heavy atom. The Morgan fingerprint density at radius 1 is 0.927 bits per heavy atom. The van der Waals surface area contributed by atoms with Crippen LogP contribution in [0.3, 0.4) is 0 Å². The molecule has 12 heteroatoms. The van der Waals surface area contributed by atoms with E-state index in [4.69, 9.17) is 16.3 Å². The van der Waals surface area contributed by atoms with E-state index in [1.807, 2.05) is 34.1 Å². The zero-order valence-electron chi connectivity index (χ0n) is 23.2. The van der Waals surface area contributed by atoms with E-state index in [0.29, 0.717) is 37.8 Å². The summed E-state index contributed by atoms with van der Waals surface area (Å²) in [4.78, 5) is 47.5. The van der Waals surface area contributed by atoms with Crippen molar-refractivity contribution in [3.63, 3.8) is 0 Å². The number of ether oxygens (including phenoxy) is 1. The fourth-order valence-electron chi connectivity index (χ4n) is 6.36. The highest BCUT2D eigenvalue weighted by Gasteiger charge is 2.43. The number of carbonyl (C=O) groups excluding carboxylic acids is 3. The average Bonchev–Trinajstić information content (AvgIpc) is 3.42. The third kappa shape index (κ3) is 5.83. The van der Waals surface area contributed by atoms with E-state index in [-0.39, 0.29) is 48.8 Å². The number of anilines is 1. The molecule has 0 aliphatic carbocycles. The highest BCUT2D eigenvalue weighted by Crippen LogP contribution is 2.43. The quantitative estimate of drug-likeness (QED) is 0.399. The van der Waals surface area contributed by atoms with Crippen LogP contribution in [0.4, 0.5) is 10.5 Å². The smallest absolute Gasteiger partial charge is 0.409 e. The van der Waals surface area contributed by atoms with Gasteiger partial charge in [0.1, 0.15) is 5.75 Å². The Hall–Kier alpha value is -2.34. The number of nitrogens with zero attached hydrogens (tertiary/aromatic N) is 4. The van der Waals surface area contributed by atoms with Crippen molar-refractivity contribution in [2.24, 2.45) is 0 Å². The minimum atomic E-state index is -0.387. The summed E-state index contributed by atoms with van der Waals surface area (Å²) in [6, 6.07) is 9.67. The highest BCUT2D eigenvalue weighted by atomic mass is 35.5. The SMILES string of the molecule is CN1CCN(C(=O)CCC(=O)N2CCN(C(=O)Oc3cc4c(c5ccccc35)[C@H](CCl)CN4)[C@@H]3CSSC[C@H]32)CC1. The number of hydrogen-bond acceptors (Lipinski definition) is 8. The Morgan fingerprint density at radius 3 is 2.32 bits per heavy atom. The fourth-order valence-corrected chi connectivity index (χ4v) is 9.32. The summed E-state index contributed by atoms with van der Waals surface area (Å²) in [7, 11) is 5.51. The molecular weight excluding hydrogens is 582 g/mol. The maximum absolute atomic E-state index is 13.7. The number of hydrogen-bond donors (Lipinski definition) is 1. The first-order chi connectivity index (χ1) is 19.9. The number of carbonyl (C=O) groups is 3. The molecule has 3 saturated heterocycles. The standard InChI is InChI=1S/C29H36ClN5O4S2/c1-32-8-10-33(11-9-32)26(36)6-7-27(37)34-12-13-35(24-18-41-40-17-23(24)34)29(38)39-25-14-22-28(19(15-30)16-31-22)21-5-3-2-4-20(21)25/h2-5,14,19,23-24,31H,6-13,15-18H2,1H3/t19-,23-,24-/m1/s1. The summed E-state index contributed by atoms with van der Waals surface area (Å²) in [5, 5.41) is 5.36. The van der Waals surface area contributed by atoms with Gasteiger partial charge in [-0.1, -0.05) is 45.9 Å². The Kier molecular flexibility index (Phi) is 8.76. The molecule has 2 aromatic carbocycles. The first-order valence-electron chi connectivity index (χ1n) is 14.3. The van der Waals surface area contributed by atoms with E-state index in [0.717, 1.165) is 47.6 Å². The molecule has 0 spiro atoms. The van der Waals surface area contributed by atoms with Crippen molar-refractivity contribution in [1.82, 2.24) is 19.6 Å². The molecule has 0 radical (unpaired) electrons. The van der Waals surface area contributed by atoms with E-state index in [9.17, 15) is 14.4 Å². The number of alkyl halides is 1. The van der Waals surface area contributed by atoms with Crippen molar-refractivity contribution in [2.45, 2.75) is 30.8 Å². The predicted octanol–water partition coefficient (Wildman–Crippen LogP) is 3.92. The van der Waals surface area contributed by atoms with Crippen LogP contribution in [0.15, 0.2) is 30.3 Å². The van der Waals surface area contributed by atoms with Crippen molar-refractivity contribution < 1.29 is 19.1 Å². The summed E-state index contributed by atoms with van der Waals surface area (Å²) in [5.41, 5.74) is 2.13. The maximum atomic E-state index is 13.7. The summed E-state index contributed by atoms with van der Waals surface area (Å²) < 4.78 is 6.10. The van der Waals surface area contributed by atoms with Gasteiger partial charge in [0.2, 0.25) is 11.8 Å². The van der Waals surface area contributed by atoms with Crippen molar-refractivity contribution in [3.05, 3.63) is 35.9 Å². The summed E-state index contributed by atoms with van der Waals surface area (Å²) in [5.74, 6) is 2.76. The van der Waals surface area contributed by atoms with Gasteiger partial charge in [0.25, 0.3) is 0 Å². The fraction of sp³-hybridized carbons (Fsp3) is 0.552. The van der Waals surface area contributed by atoms with Gasteiger partial charge < -0.3 is 29.7 Å². The molecular formula is C29H36ClN5O4S2. The molecule has 0 saturated carbocycles. The summed E-state index contributed by atoms with van der Waals surface area (Å²) in [6.45, 7) is 4.75. The number of nitrogens with one attached hydrogen (secondary N) is 1. The minimum absolute atomic E-state index is 0.00692. The van der Waals surface area contributed by atoms with Gasteiger partial charge in [0.15, 0.2) is 0 Å². The number of fused-ring (bicyclic) bond motifs is 4. The van der Waals surface area contributed by atoms with Gasteiger partial charge in [-0.25, -0.2) is 4.79 Å². The summed E-state index contributed by atoms with van der Waals surface area (Å²) in [6.07, 6.45) is 0.0455. The van der Waals surface area contributed by atoms with Gasteiger partial charge in [-0.2, -0.15) is 0 Å². The number of likely N-dealkylation sites (N-methyl/N-ethyl adjacent to an activating group) is 1. The Balaban J connectivity index is 1.13. The Bertz CT molecular complexity index is 1320. The van der Waals surface area contributed by atoms with Gasteiger partial charge in [-0.15, -0.1) is 11.6 Å². The molecule has 0 aromatic heterocycles. The summed E-state index contributed by atoms with van der Waals surface area (Å²) >= 11 is 6.25. The lowest BCUT2D eigenvalue weighted by Crippen LogP contribution is -2.65. The molecule has 0 unspecified atom stereocenters. The van der Waals surface area contributed by atoms with Crippen LogP contribution in [0.5, 0.6) is 5.75 Å². The lowest BCUT2D eigenvalue weighted by Gasteiger charge is -2.48. The van der Waals surface area contributed by atoms with Crippen LogP contribution >= 0.6 is 33.2 Å². The molecule has 4 aliphatic heterocycles. The lowest BCUT2D eigenvalue weighted by atomic mass is 9.95. The zero-order chi connectivity index (χ0) is 28.5. The Labute approximate surface area is 253 Å². The van der Waals surface area contributed by atoms with Gasteiger partial charge >= 0.3 is 6.09 Å². The molecule has 1 N–H and O–H groups in total. The van der Waals surface area contributed by atoms with E-state index in [1.165, 1.54) is 5.56 Å². The second-order valence-electron chi connectivity index (χ2n) is 11.1. The molecule has 41 heavy (non-hydrogen) atoms. The molecule has 4 heterocycles. The highest BCUT2D eigenvalue weighted by molar-refractivity contribution is 8.76. The molecule has 3 fully saturated rings. The van der Waals surface area contributed by atoms with Crippen molar-refractivity contribution in [3.8, 4) is 5.75 Å². The number of rotatable bonds is 5. The van der Waals surface area contributed by atoms with Gasteiger partial charge in [-0.05, 0) is 18.0 Å². The second kappa shape index (κ2) is 12.5. The monoisotopic (exact) mass is 617 g/mol. The molecule has 3 amide bonds. The normalized spacial score (nSPS) is 24.5. The first-order valence-corrected chi connectivity index (χ1v) is 17.3. The van der Waals surface area contributed by atoms with Crippen LogP contribution < -0.4 is 10.1 Å². The number of amides is 3. The molecule has 9 nitrogen and oxygen atoms in total. The van der Waals surface area contributed by atoms with E-state index in [2.05, 4.69) is 23.3 Å². The second-order valence-corrected chi connectivity index (χ2v) is 14.0. The van der Waals surface area contributed by atoms with Crippen LogP contribution in [0.1, 0.15) is 24.3 Å². The van der Waals surface area contributed by atoms with Crippen molar-refractivity contribution >= 4 is 67.6 Å². The van der Waals surface area contributed by atoms with Gasteiger partial charge in [0, 0.05) is 99.1 Å². The molecule has 220 valence electrons. The number of halogens is 1. The van der Waals surface area contributed by atoms with E-state index < -0.39 is 0 Å². The molecule has 6 rings (SSSR count). The minimum Gasteiger partial charge on any atom is -0.409 e. The van der Waals surface area contributed by atoms with Crippen LogP contribution in [0.2, 0.25) is 0 Å². The van der Waals surface area contributed by atoms with Crippen LogP contribution in [-0.2, 0) is 9.59 Å². The van der Waals surface area contributed by atoms with E-state index >= 15 is 0 Å². The van der Waals surface area contributed by atoms with Crippen molar-refractivity contribution in [2.75, 3.05) is 75.6 Å². The third-order valence-corrected chi connectivity index (χ3v) is 11.5. The van der Waals surface area contributed by atoms with Gasteiger partial charge in [-0.3, -0.25) is 9.59 Å². The molecule has 2 aromatic rings. The predicted molar refractivity (Wildman–Crippen MR) is 166 cm³/mol. The lowest BCUT2D eigenvalue weighted by molar-refractivity contribution is -0.141. The topological polar surface area (TPSA) is 85.4 Å². The third-order valence-electron chi connectivity index (χ3n) is 8.73. The number of piperazine rings is 2.